The maximum absolute atomic E-state index is 9.75. The summed E-state index contributed by atoms with van der Waals surface area (Å²) in [5.74, 6) is 0. The standard InChI is InChI=1S/C10H22NO.BF4/c1-11(9-6-10-12-2)7-4-3-5-8-11;2-1(3,4)5/h3-10H2,1-2H3;/q+1;-1. The van der Waals surface area contributed by atoms with Crippen molar-refractivity contribution in [1.82, 2.24) is 0 Å². The molecule has 0 aliphatic carbocycles. The van der Waals surface area contributed by atoms with Crippen LogP contribution in [0.15, 0.2) is 0 Å². The smallest absolute Gasteiger partial charge is 0.418 e. The summed E-state index contributed by atoms with van der Waals surface area (Å²) < 4.78 is 45.3. The largest absolute Gasteiger partial charge is 0.673 e. The Labute approximate surface area is 101 Å². The molecule has 0 N–H and O–H groups in total. The zero-order valence-electron chi connectivity index (χ0n) is 10.6. The number of ether oxygens (including phenoxy) is 1. The topological polar surface area (TPSA) is 9.23 Å². The summed E-state index contributed by atoms with van der Waals surface area (Å²) in [6.45, 7) is 4.98. The average Bonchev–Trinajstić information content (AvgIpc) is 2.16. The van der Waals surface area contributed by atoms with Gasteiger partial charge in [0, 0.05) is 13.5 Å². The molecule has 7 heteroatoms. The second-order valence-corrected chi connectivity index (χ2v) is 4.69. The van der Waals surface area contributed by atoms with Crippen molar-refractivity contribution in [2.75, 3.05) is 40.4 Å². The van der Waals surface area contributed by atoms with E-state index in [9.17, 15) is 17.3 Å². The molecule has 0 spiro atoms. The van der Waals surface area contributed by atoms with Crippen LogP contribution in [0.2, 0.25) is 0 Å². The highest BCUT2D eigenvalue weighted by molar-refractivity contribution is 6.50. The molecule has 0 unspecified atom stereocenters. The Morgan fingerprint density at radius 1 is 1.06 bits per heavy atom. The van der Waals surface area contributed by atoms with Gasteiger partial charge in [0.1, 0.15) is 0 Å². The van der Waals surface area contributed by atoms with Crippen molar-refractivity contribution in [3.8, 4) is 0 Å². The summed E-state index contributed by atoms with van der Waals surface area (Å²) in [6.07, 6.45) is 5.50. The Bertz CT molecular complexity index is 189. The number of rotatable bonds is 4. The minimum absolute atomic E-state index is 0.924. The lowest BCUT2D eigenvalue weighted by Gasteiger charge is -2.37. The van der Waals surface area contributed by atoms with E-state index in [1.807, 2.05) is 0 Å². The summed E-state index contributed by atoms with van der Waals surface area (Å²) in [4.78, 5) is 0. The zero-order chi connectivity index (χ0) is 13.4. The molecule has 1 rings (SSSR count). The van der Waals surface area contributed by atoms with Crippen LogP contribution in [0.5, 0.6) is 0 Å². The fourth-order valence-electron chi connectivity index (χ4n) is 2.09. The van der Waals surface area contributed by atoms with Crippen LogP contribution in [0.1, 0.15) is 25.7 Å². The van der Waals surface area contributed by atoms with Crippen LogP contribution in [0, 0.1) is 0 Å². The van der Waals surface area contributed by atoms with Gasteiger partial charge in [-0.25, -0.2) is 0 Å². The van der Waals surface area contributed by atoms with Crippen molar-refractivity contribution in [3.63, 3.8) is 0 Å². The van der Waals surface area contributed by atoms with Gasteiger partial charge in [-0.15, -0.1) is 0 Å². The van der Waals surface area contributed by atoms with E-state index < -0.39 is 7.25 Å². The zero-order valence-corrected chi connectivity index (χ0v) is 10.6. The first kappa shape index (κ1) is 16.7. The monoisotopic (exact) mass is 259 g/mol. The minimum atomic E-state index is -6.00. The van der Waals surface area contributed by atoms with Gasteiger partial charge >= 0.3 is 7.25 Å². The Kier molecular flexibility index (Phi) is 7.78. The molecular weight excluding hydrogens is 237 g/mol. The van der Waals surface area contributed by atoms with Crippen LogP contribution in [0.25, 0.3) is 0 Å². The van der Waals surface area contributed by atoms with E-state index in [1.165, 1.54) is 49.8 Å². The maximum Gasteiger partial charge on any atom is 0.673 e. The van der Waals surface area contributed by atoms with Crippen molar-refractivity contribution in [2.45, 2.75) is 25.7 Å². The first-order valence-electron chi connectivity index (χ1n) is 5.97. The number of likely N-dealkylation sites (tertiary alicyclic amines) is 1. The normalized spacial score (nSPS) is 19.4. The number of hydrogen-bond acceptors (Lipinski definition) is 1. The highest BCUT2D eigenvalue weighted by atomic mass is 19.5. The average molecular weight is 259 g/mol. The predicted octanol–water partition coefficient (Wildman–Crippen LogP) is 2.95. The van der Waals surface area contributed by atoms with Crippen molar-refractivity contribution >= 4 is 7.25 Å². The number of piperidine rings is 1. The molecule has 17 heavy (non-hydrogen) atoms. The van der Waals surface area contributed by atoms with Crippen LogP contribution in [-0.2, 0) is 4.74 Å². The molecule has 0 aromatic rings. The molecule has 1 saturated heterocycles. The molecule has 0 amide bonds. The first-order chi connectivity index (χ1) is 7.77. The lowest BCUT2D eigenvalue weighted by atomic mass is 10.1. The molecular formula is C10H22BF4NO. The van der Waals surface area contributed by atoms with Crippen molar-refractivity contribution in [2.24, 2.45) is 0 Å². The lowest BCUT2D eigenvalue weighted by Crippen LogP contribution is -2.48. The molecule has 0 bridgehead atoms. The quantitative estimate of drug-likeness (QED) is 0.326. The molecule has 0 atom stereocenters. The highest BCUT2D eigenvalue weighted by Crippen LogP contribution is 2.16. The SMILES string of the molecule is COCCC[N+]1(C)CCCCC1.F[B-](F)(F)F. The van der Waals surface area contributed by atoms with Crippen LogP contribution in [0.4, 0.5) is 17.3 Å². The summed E-state index contributed by atoms with van der Waals surface area (Å²) in [5, 5.41) is 0. The molecule has 0 aromatic carbocycles. The van der Waals surface area contributed by atoms with Gasteiger partial charge in [0.15, 0.2) is 0 Å². The highest BCUT2D eigenvalue weighted by Gasteiger charge is 2.23. The Hall–Kier alpha value is -0.295. The number of nitrogens with zero attached hydrogens (tertiary/aromatic N) is 1. The fraction of sp³-hybridized carbons (Fsp3) is 1.00. The summed E-state index contributed by atoms with van der Waals surface area (Å²) in [5.41, 5.74) is 0. The minimum Gasteiger partial charge on any atom is -0.418 e. The van der Waals surface area contributed by atoms with Gasteiger partial charge in [-0.3, -0.25) is 0 Å². The first-order valence-corrected chi connectivity index (χ1v) is 5.97. The Balaban J connectivity index is 0.000000437. The summed E-state index contributed by atoms with van der Waals surface area (Å²) in [6, 6.07) is 0. The van der Waals surface area contributed by atoms with Gasteiger partial charge in [-0.1, -0.05) is 0 Å². The third kappa shape index (κ3) is 12.0. The molecule has 1 heterocycles. The van der Waals surface area contributed by atoms with Gasteiger partial charge in [0.05, 0.1) is 33.3 Å². The molecule has 1 aliphatic heterocycles. The van der Waals surface area contributed by atoms with Crippen molar-refractivity contribution in [3.05, 3.63) is 0 Å². The molecule has 0 aromatic heterocycles. The molecule has 1 aliphatic rings. The van der Waals surface area contributed by atoms with Crippen molar-refractivity contribution in [1.29, 1.82) is 0 Å². The van der Waals surface area contributed by atoms with E-state index >= 15 is 0 Å². The second-order valence-electron chi connectivity index (χ2n) is 4.69. The van der Waals surface area contributed by atoms with Crippen LogP contribution in [0.3, 0.4) is 0 Å². The molecule has 0 radical (unpaired) electrons. The van der Waals surface area contributed by atoms with E-state index in [0.717, 1.165) is 6.61 Å². The fourth-order valence-corrected chi connectivity index (χ4v) is 2.09. The van der Waals surface area contributed by atoms with E-state index in [-0.39, 0.29) is 0 Å². The third-order valence-electron chi connectivity index (χ3n) is 2.94. The summed E-state index contributed by atoms with van der Waals surface area (Å²) >= 11 is 0. The van der Waals surface area contributed by atoms with Gasteiger partial charge < -0.3 is 26.5 Å². The third-order valence-corrected chi connectivity index (χ3v) is 2.94. The molecule has 104 valence electrons. The second kappa shape index (κ2) is 7.92. The predicted molar refractivity (Wildman–Crippen MR) is 61.3 cm³/mol. The Morgan fingerprint density at radius 2 is 1.53 bits per heavy atom. The van der Waals surface area contributed by atoms with E-state index in [1.54, 1.807) is 7.11 Å². The lowest BCUT2D eigenvalue weighted by molar-refractivity contribution is -0.914. The van der Waals surface area contributed by atoms with Gasteiger partial charge in [0.2, 0.25) is 0 Å². The molecule has 1 fully saturated rings. The van der Waals surface area contributed by atoms with Gasteiger partial charge in [0.25, 0.3) is 0 Å². The van der Waals surface area contributed by atoms with Gasteiger partial charge in [-0.2, -0.15) is 0 Å². The van der Waals surface area contributed by atoms with E-state index in [4.69, 9.17) is 4.74 Å². The van der Waals surface area contributed by atoms with Crippen LogP contribution >= 0.6 is 0 Å². The number of hydrogen-bond donors (Lipinski definition) is 0. The molecule has 2 nitrogen and oxygen atoms in total. The maximum atomic E-state index is 9.75. The van der Waals surface area contributed by atoms with Crippen molar-refractivity contribution < 1.29 is 26.5 Å². The summed E-state index contributed by atoms with van der Waals surface area (Å²) in [7, 11) is -1.83. The number of methoxy groups -OCH3 is 1. The van der Waals surface area contributed by atoms with Gasteiger partial charge in [-0.05, 0) is 19.3 Å². The van der Waals surface area contributed by atoms with E-state index in [0.29, 0.717) is 0 Å². The Morgan fingerprint density at radius 3 is 1.94 bits per heavy atom. The van der Waals surface area contributed by atoms with E-state index in [2.05, 4.69) is 7.05 Å². The van der Waals surface area contributed by atoms with Crippen LogP contribution in [-0.4, -0.2) is 52.1 Å². The number of halogens is 4. The number of quaternary nitrogens is 1. The molecule has 0 saturated carbocycles. The van der Waals surface area contributed by atoms with Crippen LogP contribution < -0.4 is 0 Å².